The summed E-state index contributed by atoms with van der Waals surface area (Å²) in [6.07, 6.45) is 4.82. The van der Waals surface area contributed by atoms with Gasteiger partial charge < -0.3 is 5.32 Å². The number of halogens is 2. The third-order valence-corrected chi connectivity index (χ3v) is 3.78. The van der Waals surface area contributed by atoms with Crippen molar-refractivity contribution in [2.24, 2.45) is 0 Å². The first-order chi connectivity index (χ1) is 12.1. The molecule has 1 amide bonds. The molecule has 6 heteroatoms. The van der Waals surface area contributed by atoms with Gasteiger partial charge in [0.05, 0.1) is 0 Å². The largest absolute Gasteiger partial charge is 0.321 e. The van der Waals surface area contributed by atoms with Gasteiger partial charge in [0, 0.05) is 10.6 Å². The van der Waals surface area contributed by atoms with Crippen LogP contribution in [0.15, 0.2) is 77.2 Å². The number of thioether (sulfide) groups is 1. The van der Waals surface area contributed by atoms with Gasteiger partial charge in [-0.1, -0.05) is 54.2 Å². The third-order valence-electron chi connectivity index (χ3n) is 3.05. The molecule has 25 heavy (non-hydrogen) atoms. The lowest BCUT2D eigenvalue weighted by Crippen LogP contribution is -2.13. The molecule has 0 fully saturated rings. The number of rotatable bonds is 6. The van der Waals surface area contributed by atoms with Gasteiger partial charge in [-0.15, -0.1) is 0 Å². The number of carbonyl (C=O) groups excluding carboxylic acids is 1. The number of benzene rings is 2. The molecule has 0 aliphatic rings. The topological polar surface area (TPSA) is 52.9 Å². The van der Waals surface area contributed by atoms with Crippen LogP contribution in [0, 0.1) is 11.3 Å². The van der Waals surface area contributed by atoms with Crippen LogP contribution in [-0.4, -0.2) is 11.7 Å². The predicted molar refractivity (Wildman–Crippen MR) is 96.1 cm³/mol. The van der Waals surface area contributed by atoms with Crippen molar-refractivity contribution >= 4 is 29.4 Å². The number of nitrogens with one attached hydrogen (secondary N) is 1. The summed E-state index contributed by atoms with van der Waals surface area (Å²) in [6.45, 7) is 0. The summed E-state index contributed by atoms with van der Waals surface area (Å²) in [6, 6.07) is 17.3. The normalized spacial score (nSPS) is 11.5. The molecule has 0 radical (unpaired) electrons. The van der Waals surface area contributed by atoms with Gasteiger partial charge in [-0.25, -0.2) is 0 Å². The molecule has 0 spiro atoms. The van der Waals surface area contributed by atoms with Gasteiger partial charge in [-0.3, -0.25) is 4.79 Å². The molecule has 0 unspecified atom stereocenters. The summed E-state index contributed by atoms with van der Waals surface area (Å²) in [7, 11) is 0. The van der Waals surface area contributed by atoms with E-state index < -0.39 is 11.7 Å². The monoisotopic (exact) mass is 356 g/mol. The standard InChI is InChI=1S/C19H14F2N2OS/c20-19(21)25-17-11-9-16(10-12-17)23-18(24)15(13-22)8-4-7-14-5-2-1-3-6-14/h1-12,19H,(H,23,24)/b7-4+,15-8+. The van der Waals surface area contributed by atoms with Crippen LogP contribution in [0.2, 0.25) is 0 Å². The van der Waals surface area contributed by atoms with Crippen LogP contribution in [0.1, 0.15) is 5.56 Å². The zero-order valence-electron chi connectivity index (χ0n) is 13.0. The van der Waals surface area contributed by atoms with Gasteiger partial charge in [-0.2, -0.15) is 14.0 Å². The highest BCUT2D eigenvalue weighted by Crippen LogP contribution is 2.26. The molecule has 0 saturated carbocycles. The second-order valence-electron chi connectivity index (χ2n) is 4.82. The quantitative estimate of drug-likeness (QED) is 0.339. The SMILES string of the molecule is N#C/C(=C\C=C\c1ccccc1)C(=O)Nc1ccc(SC(F)F)cc1. The Balaban J connectivity index is 2.01. The lowest BCUT2D eigenvalue weighted by Gasteiger charge is -2.05. The Morgan fingerprint density at radius 3 is 2.40 bits per heavy atom. The van der Waals surface area contributed by atoms with Crippen molar-refractivity contribution in [2.45, 2.75) is 10.7 Å². The number of alkyl halides is 2. The summed E-state index contributed by atoms with van der Waals surface area (Å²) in [5.74, 6) is -3.06. The van der Waals surface area contributed by atoms with E-state index in [1.807, 2.05) is 36.4 Å². The smallest absolute Gasteiger partial charge is 0.288 e. The molecule has 1 N–H and O–H groups in total. The molecule has 0 heterocycles. The maximum absolute atomic E-state index is 12.3. The highest BCUT2D eigenvalue weighted by atomic mass is 32.2. The van der Waals surface area contributed by atoms with E-state index in [2.05, 4.69) is 5.32 Å². The Morgan fingerprint density at radius 1 is 1.12 bits per heavy atom. The first kappa shape index (κ1) is 18.4. The molecule has 2 rings (SSSR count). The van der Waals surface area contributed by atoms with Gasteiger partial charge >= 0.3 is 0 Å². The van der Waals surface area contributed by atoms with Crippen molar-refractivity contribution in [3.8, 4) is 6.07 Å². The van der Waals surface area contributed by atoms with Crippen molar-refractivity contribution in [1.82, 2.24) is 0 Å². The molecule has 0 aliphatic heterocycles. The third kappa shape index (κ3) is 6.24. The van der Waals surface area contributed by atoms with E-state index in [1.165, 1.54) is 30.3 Å². The van der Waals surface area contributed by atoms with E-state index in [9.17, 15) is 13.6 Å². The van der Waals surface area contributed by atoms with Gasteiger partial charge in [-0.05, 0) is 35.9 Å². The fourth-order valence-corrected chi connectivity index (χ4v) is 2.40. The Morgan fingerprint density at radius 2 is 1.80 bits per heavy atom. The van der Waals surface area contributed by atoms with Crippen molar-refractivity contribution in [1.29, 1.82) is 5.26 Å². The molecule has 0 saturated heterocycles. The van der Waals surface area contributed by atoms with Crippen LogP contribution in [0.5, 0.6) is 0 Å². The molecule has 2 aromatic carbocycles. The van der Waals surface area contributed by atoms with E-state index in [4.69, 9.17) is 5.26 Å². The van der Waals surface area contributed by atoms with Crippen LogP contribution in [0.4, 0.5) is 14.5 Å². The molecular weight excluding hydrogens is 342 g/mol. The first-order valence-corrected chi connectivity index (χ1v) is 8.16. The van der Waals surface area contributed by atoms with Crippen molar-refractivity contribution < 1.29 is 13.6 Å². The molecule has 0 aliphatic carbocycles. The van der Waals surface area contributed by atoms with E-state index in [0.717, 1.165) is 5.56 Å². The lowest BCUT2D eigenvalue weighted by atomic mass is 10.2. The summed E-state index contributed by atoms with van der Waals surface area (Å²) >= 11 is 0.427. The molecule has 2 aromatic rings. The summed E-state index contributed by atoms with van der Waals surface area (Å²) < 4.78 is 24.5. The van der Waals surface area contributed by atoms with E-state index in [1.54, 1.807) is 12.2 Å². The minimum Gasteiger partial charge on any atom is -0.321 e. The summed E-state index contributed by atoms with van der Waals surface area (Å²) in [5.41, 5.74) is 1.32. The average Bonchev–Trinajstić information content (AvgIpc) is 2.61. The summed E-state index contributed by atoms with van der Waals surface area (Å²) in [5, 5.41) is 11.7. The Labute approximate surface area is 148 Å². The summed E-state index contributed by atoms with van der Waals surface area (Å²) in [4.78, 5) is 12.5. The average molecular weight is 356 g/mol. The lowest BCUT2D eigenvalue weighted by molar-refractivity contribution is -0.112. The number of carbonyl (C=O) groups is 1. The van der Waals surface area contributed by atoms with Gasteiger partial charge in [0.2, 0.25) is 0 Å². The van der Waals surface area contributed by atoms with Crippen LogP contribution >= 0.6 is 11.8 Å². The number of allylic oxidation sites excluding steroid dienone is 2. The number of nitriles is 1. The fraction of sp³-hybridized carbons (Fsp3) is 0.0526. The van der Waals surface area contributed by atoms with Crippen LogP contribution in [0.25, 0.3) is 6.08 Å². The van der Waals surface area contributed by atoms with Gasteiger partial charge in [0.1, 0.15) is 11.6 Å². The maximum Gasteiger partial charge on any atom is 0.288 e. The van der Waals surface area contributed by atoms with Crippen molar-refractivity contribution in [3.05, 3.63) is 77.9 Å². The molecule has 0 atom stereocenters. The Hall–Kier alpha value is -2.91. The zero-order valence-corrected chi connectivity index (χ0v) is 13.8. The molecule has 3 nitrogen and oxygen atoms in total. The highest BCUT2D eigenvalue weighted by Gasteiger charge is 2.09. The van der Waals surface area contributed by atoms with Gasteiger partial charge in [0.15, 0.2) is 0 Å². The number of anilines is 1. The second kappa shape index (κ2) is 9.40. The Kier molecular flexibility index (Phi) is 6.93. The second-order valence-corrected chi connectivity index (χ2v) is 5.88. The fourth-order valence-electron chi connectivity index (χ4n) is 1.90. The van der Waals surface area contributed by atoms with Crippen LogP contribution < -0.4 is 5.32 Å². The van der Waals surface area contributed by atoms with Crippen LogP contribution in [-0.2, 0) is 4.79 Å². The van der Waals surface area contributed by atoms with E-state index in [0.29, 0.717) is 22.3 Å². The molecule has 0 bridgehead atoms. The number of hydrogen-bond acceptors (Lipinski definition) is 3. The Bertz CT molecular complexity index is 810. The molecule has 0 aromatic heterocycles. The number of nitrogens with zero attached hydrogens (tertiary/aromatic N) is 1. The maximum atomic E-state index is 12.3. The minimum atomic E-state index is -2.50. The first-order valence-electron chi connectivity index (χ1n) is 7.28. The van der Waals surface area contributed by atoms with Crippen molar-refractivity contribution in [3.63, 3.8) is 0 Å². The predicted octanol–water partition coefficient (Wildman–Crippen LogP) is 5.10. The van der Waals surface area contributed by atoms with Crippen LogP contribution in [0.3, 0.4) is 0 Å². The molecular formula is C19H14F2N2OS. The zero-order chi connectivity index (χ0) is 18.1. The molecule has 126 valence electrons. The van der Waals surface area contributed by atoms with E-state index in [-0.39, 0.29) is 5.57 Å². The van der Waals surface area contributed by atoms with Crippen molar-refractivity contribution in [2.75, 3.05) is 5.32 Å². The minimum absolute atomic E-state index is 0.0572. The number of amides is 1. The van der Waals surface area contributed by atoms with E-state index >= 15 is 0 Å². The number of hydrogen-bond donors (Lipinski definition) is 1. The van der Waals surface area contributed by atoms with Gasteiger partial charge in [0.25, 0.3) is 11.7 Å². The highest BCUT2D eigenvalue weighted by molar-refractivity contribution is 7.99.